The van der Waals surface area contributed by atoms with Gasteiger partial charge in [0.1, 0.15) is 5.82 Å². The lowest BCUT2D eigenvalue weighted by Gasteiger charge is -2.15. The van der Waals surface area contributed by atoms with Crippen LogP contribution < -0.4 is 5.32 Å². The Morgan fingerprint density at radius 2 is 2.29 bits per heavy atom. The van der Waals surface area contributed by atoms with Gasteiger partial charge < -0.3 is 10.4 Å². The van der Waals surface area contributed by atoms with Crippen LogP contribution in [0.15, 0.2) is 22.9 Å². The molecule has 0 spiro atoms. The van der Waals surface area contributed by atoms with Gasteiger partial charge in [0, 0.05) is 12.2 Å². The first kappa shape index (κ1) is 12.3. The molecule has 0 aliphatic heterocycles. The van der Waals surface area contributed by atoms with Gasteiger partial charge in [0.05, 0.1) is 16.8 Å². The van der Waals surface area contributed by atoms with Crippen molar-refractivity contribution in [3.05, 3.63) is 22.9 Å². The van der Waals surface area contributed by atoms with Crippen LogP contribution in [0.2, 0.25) is 0 Å². The van der Waals surface area contributed by atoms with Crippen LogP contribution in [0.4, 0.5) is 5.82 Å². The van der Waals surface area contributed by atoms with Gasteiger partial charge in [-0.15, -0.1) is 0 Å². The highest BCUT2D eigenvalue weighted by atomic mass is 79.9. The summed E-state index contributed by atoms with van der Waals surface area (Å²) in [5.74, 6) is 0.784. The minimum Gasteiger partial charge on any atom is -0.393 e. The summed E-state index contributed by atoms with van der Waals surface area (Å²) in [5.41, 5.74) is 0.777. The van der Waals surface area contributed by atoms with E-state index in [4.69, 9.17) is 0 Å². The lowest BCUT2D eigenvalue weighted by Crippen LogP contribution is -2.21. The quantitative estimate of drug-likeness (QED) is 0.907. The zero-order valence-corrected chi connectivity index (χ0v) is 11.3. The number of hydrogen-bond donors (Lipinski definition) is 2. The average molecular weight is 299 g/mol. The predicted molar refractivity (Wildman–Crippen MR) is 70.1 cm³/mol. The van der Waals surface area contributed by atoms with Crippen LogP contribution in [-0.2, 0) is 0 Å². The number of fused-ring (bicyclic) bond motifs is 1. The van der Waals surface area contributed by atoms with E-state index in [2.05, 4.69) is 31.3 Å². The van der Waals surface area contributed by atoms with Gasteiger partial charge in [-0.2, -0.15) is 5.10 Å². The Labute approximate surface area is 108 Å². The summed E-state index contributed by atoms with van der Waals surface area (Å²) in [4.78, 5) is 4.44. The fraction of sp³-hybridized carbons (Fsp3) is 0.455. The van der Waals surface area contributed by atoms with Gasteiger partial charge in [-0.05, 0) is 42.3 Å². The largest absolute Gasteiger partial charge is 0.393 e. The van der Waals surface area contributed by atoms with Crippen LogP contribution in [0.25, 0.3) is 5.65 Å². The maximum atomic E-state index is 9.30. The van der Waals surface area contributed by atoms with Crippen LogP contribution in [-0.4, -0.2) is 31.9 Å². The molecule has 0 saturated heterocycles. The van der Waals surface area contributed by atoms with Gasteiger partial charge in [-0.25, -0.2) is 9.50 Å². The summed E-state index contributed by atoms with van der Waals surface area (Å²) in [6.07, 6.45) is 3.94. The molecule has 17 heavy (non-hydrogen) atoms. The lowest BCUT2D eigenvalue weighted by atomic mass is 10.1. The molecule has 5 nitrogen and oxygen atoms in total. The van der Waals surface area contributed by atoms with Gasteiger partial charge >= 0.3 is 0 Å². The third-order valence-corrected chi connectivity index (χ3v) is 2.97. The zero-order chi connectivity index (χ0) is 12.4. The molecule has 0 saturated carbocycles. The number of hydrogen-bond acceptors (Lipinski definition) is 4. The Morgan fingerprint density at radius 1 is 1.53 bits per heavy atom. The first-order chi connectivity index (χ1) is 8.06. The van der Waals surface area contributed by atoms with Crippen molar-refractivity contribution in [1.29, 1.82) is 0 Å². The Hall–Kier alpha value is -1.14. The SMILES string of the molecule is CC(O)CC(C)Nc1ccn2ncc(Br)c2n1. The van der Waals surface area contributed by atoms with Crippen molar-refractivity contribution in [3.8, 4) is 0 Å². The van der Waals surface area contributed by atoms with Crippen molar-refractivity contribution < 1.29 is 5.11 Å². The first-order valence-corrected chi connectivity index (χ1v) is 6.30. The average Bonchev–Trinajstić information content (AvgIpc) is 2.59. The number of aliphatic hydroxyl groups is 1. The summed E-state index contributed by atoms with van der Waals surface area (Å²) in [5, 5.41) is 16.7. The van der Waals surface area contributed by atoms with Gasteiger partial charge in [0.15, 0.2) is 5.65 Å². The standard InChI is InChI=1S/C11H15BrN4O/c1-7(5-8(2)17)14-10-3-4-16-11(15-10)9(12)6-13-16/h3-4,6-8,17H,5H2,1-2H3,(H,14,15). The molecule has 6 heteroatoms. The Bertz CT molecular complexity index is 511. The van der Waals surface area contributed by atoms with Crippen molar-refractivity contribution in [3.63, 3.8) is 0 Å². The number of nitrogens with one attached hydrogen (secondary N) is 1. The van der Waals surface area contributed by atoms with E-state index in [-0.39, 0.29) is 12.1 Å². The maximum absolute atomic E-state index is 9.30. The molecule has 0 bridgehead atoms. The molecule has 2 unspecified atom stereocenters. The van der Waals surface area contributed by atoms with Crippen LogP contribution in [0, 0.1) is 0 Å². The number of rotatable bonds is 4. The van der Waals surface area contributed by atoms with Crippen molar-refractivity contribution in [2.45, 2.75) is 32.4 Å². The smallest absolute Gasteiger partial charge is 0.171 e. The summed E-state index contributed by atoms with van der Waals surface area (Å²) < 4.78 is 2.57. The maximum Gasteiger partial charge on any atom is 0.171 e. The van der Waals surface area contributed by atoms with Crippen LogP contribution in [0.1, 0.15) is 20.3 Å². The Kier molecular flexibility index (Phi) is 3.63. The minimum atomic E-state index is -0.317. The summed E-state index contributed by atoms with van der Waals surface area (Å²) in [6.45, 7) is 3.80. The summed E-state index contributed by atoms with van der Waals surface area (Å²) >= 11 is 3.39. The summed E-state index contributed by atoms with van der Waals surface area (Å²) in [6, 6.07) is 2.04. The Balaban J connectivity index is 2.16. The fourth-order valence-electron chi connectivity index (χ4n) is 1.74. The van der Waals surface area contributed by atoms with E-state index < -0.39 is 0 Å². The topological polar surface area (TPSA) is 62.5 Å². The molecule has 0 aliphatic carbocycles. The molecule has 92 valence electrons. The van der Waals surface area contributed by atoms with Gasteiger partial charge in [0.2, 0.25) is 0 Å². The van der Waals surface area contributed by atoms with E-state index in [1.165, 1.54) is 0 Å². The molecule has 0 radical (unpaired) electrons. The molecule has 2 aromatic heterocycles. The second-order valence-corrected chi connectivity index (χ2v) is 5.06. The number of aliphatic hydroxyl groups excluding tert-OH is 1. The number of nitrogens with zero attached hydrogens (tertiary/aromatic N) is 3. The molecule has 2 rings (SSSR count). The van der Waals surface area contributed by atoms with Crippen LogP contribution >= 0.6 is 15.9 Å². The molecular weight excluding hydrogens is 284 g/mol. The molecular formula is C11H15BrN4O. The molecule has 0 fully saturated rings. The van der Waals surface area contributed by atoms with Gasteiger partial charge in [-0.3, -0.25) is 0 Å². The van der Waals surface area contributed by atoms with E-state index in [1.807, 2.05) is 19.2 Å². The van der Waals surface area contributed by atoms with Crippen molar-refractivity contribution in [2.24, 2.45) is 0 Å². The van der Waals surface area contributed by atoms with Crippen LogP contribution in [0.5, 0.6) is 0 Å². The van der Waals surface area contributed by atoms with Crippen molar-refractivity contribution in [1.82, 2.24) is 14.6 Å². The molecule has 2 aromatic rings. The van der Waals surface area contributed by atoms with Crippen molar-refractivity contribution >= 4 is 27.4 Å². The highest BCUT2D eigenvalue weighted by molar-refractivity contribution is 9.10. The number of anilines is 1. The number of aromatic nitrogens is 3. The predicted octanol–water partition coefficient (Wildman–Crippen LogP) is 2.06. The monoisotopic (exact) mass is 298 g/mol. The second kappa shape index (κ2) is 5.01. The van der Waals surface area contributed by atoms with E-state index in [0.717, 1.165) is 15.9 Å². The lowest BCUT2D eigenvalue weighted by molar-refractivity contribution is 0.179. The first-order valence-electron chi connectivity index (χ1n) is 5.50. The number of halogens is 1. The normalized spacial score (nSPS) is 14.8. The van der Waals surface area contributed by atoms with E-state index in [1.54, 1.807) is 17.6 Å². The fourth-order valence-corrected chi connectivity index (χ4v) is 2.11. The van der Waals surface area contributed by atoms with Crippen LogP contribution in [0.3, 0.4) is 0 Å². The minimum absolute atomic E-state index is 0.173. The van der Waals surface area contributed by atoms with Crippen molar-refractivity contribution in [2.75, 3.05) is 5.32 Å². The molecule has 2 N–H and O–H groups in total. The molecule has 2 heterocycles. The zero-order valence-electron chi connectivity index (χ0n) is 9.76. The molecule has 0 aliphatic rings. The summed E-state index contributed by atoms with van der Waals surface area (Å²) in [7, 11) is 0. The van der Waals surface area contributed by atoms with Gasteiger partial charge in [-0.1, -0.05) is 0 Å². The molecule has 0 amide bonds. The Morgan fingerprint density at radius 3 is 3.00 bits per heavy atom. The van der Waals surface area contributed by atoms with E-state index >= 15 is 0 Å². The van der Waals surface area contributed by atoms with Gasteiger partial charge in [0.25, 0.3) is 0 Å². The third kappa shape index (κ3) is 2.95. The second-order valence-electron chi connectivity index (χ2n) is 4.20. The molecule has 2 atom stereocenters. The van der Waals surface area contributed by atoms with E-state index in [9.17, 15) is 5.11 Å². The highest BCUT2D eigenvalue weighted by Crippen LogP contribution is 2.17. The highest BCUT2D eigenvalue weighted by Gasteiger charge is 2.08. The molecule has 0 aromatic carbocycles. The third-order valence-electron chi connectivity index (χ3n) is 2.42. The van der Waals surface area contributed by atoms with E-state index in [0.29, 0.717) is 6.42 Å².